The van der Waals surface area contributed by atoms with Crippen LogP contribution in [0.4, 0.5) is 4.39 Å². The number of nitrogens with zero attached hydrogens (tertiary/aromatic N) is 1. The predicted molar refractivity (Wildman–Crippen MR) is 95.7 cm³/mol. The summed E-state index contributed by atoms with van der Waals surface area (Å²) in [5.41, 5.74) is 3.82. The summed E-state index contributed by atoms with van der Waals surface area (Å²) >= 11 is 0. The van der Waals surface area contributed by atoms with E-state index in [1.54, 1.807) is 12.1 Å². The van der Waals surface area contributed by atoms with E-state index in [0.717, 1.165) is 47.1 Å². The number of aryl methyl sites for hydroxylation is 1. The molecule has 4 nitrogen and oxygen atoms in total. The summed E-state index contributed by atoms with van der Waals surface area (Å²) in [7, 11) is 0. The maximum atomic E-state index is 14.0. The molecule has 3 aromatic rings. The lowest BCUT2D eigenvalue weighted by Gasteiger charge is -2.29. The van der Waals surface area contributed by atoms with Gasteiger partial charge in [0.05, 0.1) is 5.56 Å². The number of fused-ring (bicyclic) bond motifs is 5. The molecule has 1 aliphatic carbocycles. The smallest absolute Gasteiger partial charge is 0.339 e. The molecule has 2 aromatic carbocycles. The van der Waals surface area contributed by atoms with Crippen LogP contribution < -0.4 is 10.4 Å². The highest BCUT2D eigenvalue weighted by atomic mass is 19.1. The van der Waals surface area contributed by atoms with Gasteiger partial charge in [0.2, 0.25) is 0 Å². The van der Waals surface area contributed by atoms with Crippen LogP contribution >= 0.6 is 0 Å². The van der Waals surface area contributed by atoms with Crippen LogP contribution in [0.25, 0.3) is 11.0 Å². The number of halogens is 1. The lowest BCUT2D eigenvalue weighted by atomic mass is 10.0. The van der Waals surface area contributed by atoms with E-state index in [4.69, 9.17) is 9.15 Å². The van der Waals surface area contributed by atoms with Crippen LogP contribution in [-0.2, 0) is 25.9 Å². The zero-order chi connectivity index (χ0) is 17.7. The second-order valence-corrected chi connectivity index (χ2v) is 6.97. The van der Waals surface area contributed by atoms with Gasteiger partial charge >= 0.3 is 5.63 Å². The molecular formula is C21H18FNO3. The van der Waals surface area contributed by atoms with Gasteiger partial charge in [0.15, 0.2) is 0 Å². The third kappa shape index (κ3) is 2.42. The molecule has 5 rings (SSSR count). The van der Waals surface area contributed by atoms with Crippen molar-refractivity contribution in [3.05, 3.63) is 74.9 Å². The Morgan fingerprint density at radius 3 is 2.77 bits per heavy atom. The molecule has 2 aliphatic rings. The van der Waals surface area contributed by atoms with Gasteiger partial charge in [-0.15, -0.1) is 0 Å². The predicted octanol–water partition coefficient (Wildman–Crippen LogP) is 3.77. The van der Waals surface area contributed by atoms with Crippen LogP contribution in [0.3, 0.4) is 0 Å². The van der Waals surface area contributed by atoms with Gasteiger partial charge in [-0.25, -0.2) is 9.18 Å². The van der Waals surface area contributed by atoms with Gasteiger partial charge in [0.1, 0.15) is 23.9 Å². The highest BCUT2D eigenvalue weighted by Crippen LogP contribution is 2.36. The van der Waals surface area contributed by atoms with E-state index in [1.807, 2.05) is 23.1 Å². The lowest BCUT2D eigenvalue weighted by Crippen LogP contribution is -2.32. The normalized spacial score (nSPS) is 16.3. The van der Waals surface area contributed by atoms with Crippen molar-refractivity contribution < 1.29 is 13.5 Å². The van der Waals surface area contributed by atoms with Gasteiger partial charge < -0.3 is 9.15 Å². The zero-order valence-corrected chi connectivity index (χ0v) is 14.3. The second-order valence-electron chi connectivity index (χ2n) is 6.97. The molecular weight excluding hydrogens is 333 g/mol. The average molecular weight is 351 g/mol. The molecule has 0 N–H and O–H groups in total. The van der Waals surface area contributed by atoms with Gasteiger partial charge in [0, 0.05) is 29.6 Å². The summed E-state index contributed by atoms with van der Waals surface area (Å²) in [5, 5.41) is 1.01. The number of hydrogen-bond donors (Lipinski definition) is 0. The highest BCUT2D eigenvalue weighted by Gasteiger charge is 2.26. The van der Waals surface area contributed by atoms with Crippen molar-refractivity contribution in [1.29, 1.82) is 0 Å². The van der Waals surface area contributed by atoms with Crippen LogP contribution in [0.5, 0.6) is 5.75 Å². The van der Waals surface area contributed by atoms with Crippen LogP contribution in [-0.4, -0.2) is 11.6 Å². The largest absolute Gasteiger partial charge is 0.478 e. The first kappa shape index (κ1) is 15.6. The van der Waals surface area contributed by atoms with Gasteiger partial charge in [-0.05, 0) is 43.0 Å². The monoisotopic (exact) mass is 351 g/mol. The maximum Gasteiger partial charge on any atom is 0.339 e. The summed E-state index contributed by atoms with van der Waals surface area (Å²) < 4.78 is 25.5. The molecule has 0 fully saturated rings. The lowest BCUT2D eigenvalue weighted by molar-refractivity contribution is 0.0879. The van der Waals surface area contributed by atoms with E-state index in [2.05, 4.69) is 0 Å². The third-order valence-electron chi connectivity index (χ3n) is 5.34. The van der Waals surface area contributed by atoms with E-state index >= 15 is 0 Å². The SMILES string of the molecule is O=c1oc2c3c(ccc2c2c1CCC2)OCN(Cc1ccccc1F)C3. The van der Waals surface area contributed by atoms with E-state index in [1.165, 1.54) is 6.07 Å². The first-order valence-electron chi connectivity index (χ1n) is 8.90. The van der Waals surface area contributed by atoms with Crippen molar-refractivity contribution in [2.75, 3.05) is 6.73 Å². The molecule has 0 atom stereocenters. The second kappa shape index (κ2) is 5.95. The fraction of sp³-hybridized carbons (Fsp3) is 0.286. The molecule has 0 spiro atoms. The minimum Gasteiger partial charge on any atom is -0.478 e. The minimum atomic E-state index is -0.232. The molecule has 1 aliphatic heterocycles. The molecule has 1 aromatic heterocycles. The van der Waals surface area contributed by atoms with Crippen LogP contribution in [0.2, 0.25) is 0 Å². The Kier molecular flexibility index (Phi) is 3.57. The number of rotatable bonds is 2. The summed E-state index contributed by atoms with van der Waals surface area (Å²) in [6, 6.07) is 10.7. The topological polar surface area (TPSA) is 42.7 Å². The minimum absolute atomic E-state index is 0.222. The maximum absolute atomic E-state index is 14.0. The molecule has 132 valence electrons. The Bertz CT molecular complexity index is 1070. The molecule has 0 saturated carbocycles. The Balaban J connectivity index is 1.56. The number of hydrogen-bond acceptors (Lipinski definition) is 4. The van der Waals surface area contributed by atoms with E-state index in [0.29, 0.717) is 31.0 Å². The van der Waals surface area contributed by atoms with Crippen molar-refractivity contribution in [3.8, 4) is 5.75 Å². The first-order chi connectivity index (χ1) is 12.7. The van der Waals surface area contributed by atoms with Crippen molar-refractivity contribution in [3.63, 3.8) is 0 Å². The van der Waals surface area contributed by atoms with Gasteiger partial charge in [-0.1, -0.05) is 18.2 Å². The van der Waals surface area contributed by atoms with Crippen LogP contribution in [0, 0.1) is 5.82 Å². The van der Waals surface area contributed by atoms with Crippen LogP contribution in [0.15, 0.2) is 45.6 Å². The van der Waals surface area contributed by atoms with Gasteiger partial charge in [-0.3, -0.25) is 4.90 Å². The average Bonchev–Trinajstić information content (AvgIpc) is 3.14. The molecule has 2 heterocycles. The fourth-order valence-corrected chi connectivity index (χ4v) is 4.07. The molecule has 0 radical (unpaired) electrons. The quantitative estimate of drug-likeness (QED) is 0.659. The summed E-state index contributed by atoms with van der Waals surface area (Å²) in [6.45, 7) is 1.38. The summed E-state index contributed by atoms with van der Waals surface area (Å²) in [6.07, 6.45) is 2.70. The third-order valence-corrected chi connectivity index (χ3v) is 5.34. The van der Waals surface area contributed by atoms with Gasteiger partial charge in [0.25, 0.3) is 0 Å². The molecule has 0 saturated heterocycles. The molecule has 0 bridgehead atoms. The van der Waals surface area contributed by atoms with Gasteiger partial charge in [-0.2, -0.15) is 0 Å². The van der Waals surface area contributed by atoms with E-state index < -0.39 is 0 Å². The Morgan fingerprint density at radius 1 is 1.04 bits per heavy atom. The summed E-state index contributed by atoms with van der Waals surface area (Å²) in [4.78, 5) is 14.4. The first-order valence-corrected chi connectivity index (χ1v) is 8.90. The highest BCUT2D eigenvalue weighted by molar-refractivity contribution is 5.86. The van der Waals surface area contributed by atoms with E-state index in [-0.39, 0.29) is 11.4 Å². The molecule has 0 amide bonds. The van der Waals surface area contributed by atoms with Crippen molar-refractivity contribution in [1.82, 2.24) is 4.90 Å². The Labute approximate surface area is 149 Å². The molecule has 0 unspecified atom stereocenters. The van der Waals surface area contributed by atoms with Crippen molar-refractivity contribution in [2.24, 2.45) is 0 Å². The Morgan fingerprint density at radius 2 is 1.88 bits per heavy atom. The standard InChI is InChI=1S/C21H18FNO3/c22-18-7-2-1-4-13(18)10-23-11-17-19(25-12-23)9-8-15-14-5-3-6-16(14)21(24)26-20(15)17/h1-2,4,7-9H,3,5-6,10-12H2. The zero-order valence-electron chi connectivity index (χ0n) is 14.3. The number of ether oxygens (including phenoxy) is 1. The van der Waals surface area contributed by atoms with Crippen molar-refractivity contribution >= 4 is 11.0 Å². The fourth-order valence-electron chi connectivity index (χ4n) is 4.07. The van der Waals surface area contributed by atoms with Crippen molar-refractivity contribution in [2.45, 2.75) is 32.4 Å². The number of benzene rings is 2. The van der Waals surface area contributed by atoms with Crippen LogP contribution in [0.1, 0.15) is 28.7 Å². The Hall–Kier alpha value is -2.66. The van der Waals surface area contributed by atoms with E-state index in [9.17, 15) is 9.18 Å². The molecule has 5 heteroatoms. The summed E-state index contributed by atoms with van der Waals surface area (Å²) in [5.74, 6) is 0.518. The molecule has 26 heavy (non-hydrogen) atoms.